The predicted molar refractivity (Wildman–Crippen MR) is 123 cm³/mol. The predicted octanol–water partition coefficient (Wildman–Crippen LogP) is 0.0571. The second-order valence-corrected chi connectivity index (χ2v) is 8.30. The van der Waals surface area contributed by atoms with Crippen LogP contribution in [0.1, 0.15) is 27.7 Å². The molecule has 1 saturated heterocycles. The molecule has 1 aromatic carbocycles. The number of ether oxygens (including phenoxy) is 2. The summed E-state index contributed by atoms with van der Waals surface area (Å²) in [5.41, 5.74) is 0.208. The van der Waals surface area contributed by atoms with Crippen LogP contribution in [0.4, 0.5) is 5.82 Å². The SMILES string of the molecule is CN1C(=O)[C@@H](NC(=O)c2n[nH]c(Cc3ccccc3)n2)COc2ccc(C#CC3(O)COC3)nc21. The second kappa shape index (κ2) is 9.17. The number of rotatable bonds is 4. The molecule has 35 heavy (non-hydrogen) atoms. The summed E-state index contributed by atoms with van der Waals surface area (Å²) in [6, 6.07) is 12.0. The maximum absolute atomic E-state index is 13.1. The monoisotopic (exact) mass is 474 g/mol. The number of H-pyrrole nitrogens is 1. The smallest absolute Gasteiger partial charge is 0.291 e. The number of hydrogen-bond donors (Lipinski definition) is 3. The van der Waals surface area contributed by atoms with Crippen LogP contribution >= 0.6 is 0 Å². The fourth-order valence-corrected chi connectivity index (χ4v) is 3.58. The molecule has 2 aliphatic rings. The Balaban J connectivity index is 1.27. The van der Waals surface area contributed by atoms with Gasteiger partial charge in [-0.15, -0.1) is 5.10 Å². The van der Waals surface area contributed by atoms with Crippen LogP contribution in [0.15, 0.2) is 42.5 Å². The number of carbonyl (C=O) groups is 2. The highest BCUT2D eigenvalue weighted by atomic mass is 16.5. The van der Waals surface area contributed by atoms with Crippen molar-refractivity contribution in [2.75, 3.05) is 31.8 Å². The minimum Gasteiger partial charge on any atom is -0.487 e. The highest BCUT2D eigenvalue weighted by Gasteiger charge is 2.34. The van der Waals surface area contributed by atoms with E-state index in [0.717, 1.165) is 5.56 Å². The fourth-order valence-electron chi connectivity index (χ4n) is 3.58. The Kier molecular flexibility index (Phi) is 5.90. The normalized spacial score (nSPS) is 18.3. The third kappa shape index (κ3) is 4.84. The molecule has 0 radical (unpaired) electrons. The number of aliphatic hydroxyl groups is 1. The number of aromatic amines is 1. The van der Waals surface area contributed by atoms with E-state index in [4.69, 9.17) is 9.47 Å². The van der Waals surface area contributed by atoms with Gasteiger partial charge in [0.05, 0.1) is 13.2 Å². The molecule has 0 aliphatic carbocycles. The number of carbonyl (C=O) groups excluding carboxylic acids is 2. The third-order valence-corrected chi connectivity index (χ3v) is 5.55. The molecule has 0 saturated carbocycles. The lowest BCUT2D eigenvalue weighted by atomic mass is 10.0. The maximum atomic E-state index is 13.1. The number of pyridine rings is 1. The van der Waals surface area contributed by atoms with Gasteiger partial charge in [-0.25, -0.2) is 9.97 Å². The van der Waals surface area contributed by atoms with Gasteiger partial charge in [0.25, 0.3) is 11.8 Å². The van der Waals surface area contributed by atoms with Gasteiger partial charge in [0.15, 0.2) is 17.2 Å². The standard InChI is InChI=1S/C24H22N6O5/c1-30-21-18(8-7-16(25-21)9-10-24(33)13-34-14-24)35-12-17(23(30)32)26-22(31)20-27-19(28-29-20)11-15-5-3-2-4-6-15/h2-8,17,33H,11-14H2,1H3,(H,26,31)(H,27,28,29)/t17-/m0/s1. The van der Waals surface area contributed by atoms with E-state index in [1.165, 1.54) is 11.9 Å². The molecule has 2 amide bonds. The summed E-state index contributed by atoms with van der Waals surface area (Å²) in [6.45, 7) is 0.200. The molecular weight excluding hydrogens is 452 g/mol. The van der Waals surface area contributed by atoms with Crippen molar-refractivity contribution in [1.82, 2.24) is 25.5 Å². The van der Waals surface area contributed by atoms with E-state index in [2.05, 4.69) is 37.3 Å². The summed E-state index contributed by atoms with van der Waals surface area (Å²) < 4.78 is 10.7. The molecule has 1 atom stereocenters. The summed E-state index contributed by atoms with van der Waals surface area (Å²) in [6.07, 6.45) is 0.492. The molecule has 11 heteroatoms. The van der Waals surface area contributed by atoms with Crippen molar-refractivity contribution in [3.63, 3.8) is 0 Å². The molecule has 11 nitrogen and oxygen atoms in total. The number of fused-ring (bicyclic) bond motifs is 1. The number of likely N-dealkylation sites (N-methyl/N-ethyl adjacent to an activating group) is 1. The number of nitrogens with one attached hydrogen (secondary N) is 2. The van der Waals surface area contributed by atoms with Crippen molar-refractivity contribution in [2.24, 2.45) is 0 Å². The first kappa shape index (κ1) is 22.5. The highest BCUT2D eigenvalue weighted by Crippen LogP contribution is 2.28. The van der Waals surface area contributed by atoms with Gasteiger partial charge in [-0.2, -0.15) is 0 Å². The van der Waals surface area contributed by atoms with Gasteiger partial charge >= 0.3 is 0 Å². The molecule has 178 valence electrons. The minimum absolute atomic E-state index is 0.0678. The Morgan fingerprint density at radius 2 is 2.06 bits per heavy atom. The van der Waals surface area contributed by atoms with Crippen LogP contribution in [0.5, 0.6) is 5.75 Å². The van der Waals surface area contributed by atoms with E-state index in [-0.39, 0.29) is 31.5 Å². The number of hydrogen-bond acceptors (Lipinski definition) is 8. The molecular formula is C24H22N6O5. The third-order valence-electron chi connectivity index (χ3n) is 5.55. The van der Waals surface area contributed by atoms with Crippen molar-refractivity contribution in [2.45, 2.75) is 18.1 Å². The van der Waals surface area contributed by atoms with Gasteiger partial charge in [-0.05, 0) is 23.6 Å². The lowest BCUT2D eigenvalue weighted by Gasteiger charge is -2.30. The molecule has 3 aromatic rings. The van der Waals surface area contributed by atoms with Crippen LogP contribution in [0.25, 0.3) is 0 Å². The van der Waals surface area contributed by atoms with E-state index in [0.29, 0.717) is 23.7 Å². The molecule has 5 rings (SSSR count). The molecule has 0 bridgehead atoms. The molecule has 3 N–H and O–H groups in total. The van der Waals surface area contributed by atoms with Crippen molar-refractivity contribution >= 4 is 17.6 Å². The zero-order chi connectivity index (χ0) is 24.4. The lowest BCUT2D eigenvalue weighted by molar-refractivity contribution is -0.140. The zero-order valence-corrected chi connectivity index (χ0v) is 18.8. The maximum Gasteiger partial charge on any atom is 0.291 e. The van der Waals surface area contributed by atoms with Crippen molar-refractivity contribution in [1.29, 1.82) is 0 Å². The Morgan fingerprint density at radius 3 is 2.80 bits per heavy atom. The van der Waals surface area contributed by atoms with E-state index in [1.807, 2.05) is 30.3 Å². The number of benzene rings is 1. The Bertz CT molecular complexity index is 1320. The van der Waals surface area contributed by atoms with Crippen LogP contribution in [-0.2, 0) is 16.0 Å². The topological polar surface area (TPSA) is 143 Å². The summed E-state index contributed by atoms with van der Waals surface area (Å²) in [5.74, 6) is 5.62. The largest absolute Gasteiger partial charge is 0.487 e. The number of amides is 2. The van der Waals surface area contributed by atoms with E-state index in [9.17, 15) is 14.7 Å². The molecule has 0 unspecified atom stereocenters. The first-order chi connectivity index (χ1) is 16.9. The summed E-state index contributed by atoms with van der Waals surface area (Å²) in [5, 5.41) is 19.4. The number of nitrogens with zero attached hydrogens (tertiary/aromatic N) is 4. The molecule has 0 spiro atoms. The molecule has 4 heterocycles. The summed E-state index contributed by atoms with van der Waals surface area (Å²) in [7, 11) is 1.54. The zero-order valence-electron chi connectivity index (χ0n) is 18.8. The summed E-state index contributed by atoms with van der Waals surface area (Å²) in [4.78, 5) is 35.7. The Morgan fingerprint density at radius 1 is 1.26 bits per heavy atom. The van der Waals surface area contributed by atoms with Crippen molar-refractivity contribution in [3.8, 4) is 17.6 Å². The first-order valence-electron chi connectivity index (χ1n) is 10.9. The van der Waals surface area contributed by atoms with Gasteiger partial charge < -0.3 is 19.9 Å². The number of anilines is 1. The van der Waals surface area contributed by atoms with Gasteiger partial charge in [0.1, 0.15) is 24.2 Å². The van der Waals surface area contributed by atoms with Crippen LogP contribution in [0.3, 0.4) is 0 Å². The van der Waals surface area contributed by atoms with Gasteiger partial charge in [-0.1, -0.05) is 36.3 Å². The fraction of sp³-hybridized carbons (Fsp3) is 0.292. The second-order valence-electron chi connectivity index (χ2n) is 8.30. The minimum atomic E-state index is -1.18. The lowest BCUT2D eigenvalue weighted by Crippen LogP contribution is -2.49. The molecule has 2 aromatic heterocycles. The number of aromatic nitrogens is 4. The average molecular weight is 474 g/mol. The van der Waals surface area contributed by atoms with Crippen LogP contribution in [-0.4, -0.2) is 75.6 Å². The quantitative estimate of drug-likeness (QED) is 0.451. The first-order valence-corrected chi connectivity index (χ1v) is 10.9. The van der Waals surface area contributed by atoms with E-state index >= 15 is 0 Å². The Labute approximate surface area is 200 Å². The average Bonchev–Trinajstić information content (AvgIpc) is 3.28. The molecule has 1 fully saturated rings. The highest BCUT2D eigenvalue weighted by molar-refractivity contribution is 6.01. The van der Waals surface area contributed by atoms with Crippen molar-refractivity contribution < 1.29 is 24.2 Å². The van der Waals surface area contributed by atoms with Gasteiger partial charge in [-0.3, -0.25) is 19.6 Å². The Hall–Kier alpha value is -4.27. The summed E-state index contributed by atoms with van der Waals surface area (Å²) >= 11 is 0. The van der Waals surface area contributed by atoms with Gasteiger partial charge in [0.2, 0.25) is 5.82 Å². The van der Waals surface area contributed by atoms with Crippen LogP contribution in [0.2, 0.25) is 0 Å². The van der Waals surface area contributed by atoms with Crippen molar-refractivity contribution in [3.05, 3.63) is 65.4 Å². The van der Waals surface area contributed by atoms with E-state index in [1.54, 1.807) is 12.1 Å². The van der Waals surface area contributed by atoms with Crippen LogP contribution < -0.4 is 15.0 Å². The van der Waals surface area contributed by atoms with Gasteiger partial charge in [0, 0.05) is 13.5 Å². The molecule has 2 aliphatic heterocycles. The van der Waals surface area contributed by atoms with E-state index < -0.39 is 23.5 Å². The van der Waals surface area contributed by atoms with Crippen LogP contribution in [0, 0.1) is 11.8 Å².